The quantitative estimate of drug-likeness (QED) is 0.0320. The maximum absolute atomic E-state index is 12.4. The number of amides is 1. The summed E-state index contributed by atoms with van der Waals surface area (Å²) in [6, 6.07) is -0.623. The molecular weight excluding hydrogens is 983 g/mol. The van der Waals surface area contributed by atoms with Crippen LogP contribution in [-0.2, 0) is 14.3 Å². The van der Waals surface area contributed by atoms with E-state index in [9.17, 15) is 19.8 Å². The van der Waals surface area contributed by atoms with Crippen LogP contribution in [-0.4, -0.2) is 47.4 Å². The smallest absolute Gasteiger partial charge is 0.305 e. The lowest BCUT2D eigenvalue weighted by atomic mass is 10.0. The summed E-state index contributed by atoms with van der Waals surface area (Å²) >= 11 is 0. The Morgan fingerprint density at radius 3 is 0.887 bits per heavy atom. The molecule has 0 rings (SSSR count). The maximum Gasteiger partial charge on any atom is 0.305 e. The molecule has 0 aliphatic carbocycles. The molecule has 0 aliphatic heterocycles. The Bertz CT molecular complexity index is 1250. The van der Waals surface area contributed by atoms with Crippen LogP contribution in [0.5, 0.6) is 0 Å². The third-order valence-electron chi connectivity index (χ3n) is 17.2. The second-order valence-corrected chi connectivity index (χ2v) is 25.3. The zero-order valence-corrected chi connectivity index (χ0v) is 54.3. The van der Waals surface area contributed by atoms with Crippen molar-refractivity contribution in [2.24, 2.45) is 0 Å². The average molecular weight is 1130 g/mol. The number of hydrogen-bond acceptors (Lipinski definition) is 5. The van der Waals surface area contributed by atoms with Gasteiger partial charge in [-0.25, -0.2) is 0 Å². The minimum Gasteiger partial charge on any atom is -0.466 e. The SMILES string of the molecule is CCCCCCCCCCC/C=C/C(O)C(CO)NC(=O)CCCCCCCCCCCCCCCCCCC/C=C\CCCCCCCCCCCCCCCCOC(=O)CCCCCCCCCCCCCCCCCCC. The van der Waals surface area contributed by atoms with E-state index in [1.165, 1.54) is 347 Å². The predicted molar refractivity (Wildman–Crippen MR) is 352 cm³/mol. The lowest BCUT2D eigenvalue weighted by Crippen LogP contribution is -2.45. The summed E-state index contributed by atoms with van der Waals surface area (Å²) in [7, 11) is 0. The molecule has 3 N–H and O–H groups in total. The van der Waals surface area contributed by atoms with Gasteiger partial charge in [0, 0.05) is 12.8 Å². The van der Waals surface area contributed by atoms with E-state index in [-0.39, 0.29) is 18.5 Å². The van der Waals surface area contributed by atoms with E-state index >= 15 is 0 Å². The number of aliphatic hydroxyl groups excluding tert-OH is 2. The zero-order chi connectivity index (χ0) is 57.8. The Morgan fingerprint density at radius 1 is 0.338 bits per heavy atom. The molecule has 1 amide bonds. The Labute approximate surface area is 501 Å². The standard InChI is InChI=1S/C74H143NO5/c1-3-5-7-9-11-13-15-16-17-37-41-44-48-52-56-60-64-68-74(79)80-69-65-61-57-53-49-45-42-39-36-34-32-30-28-26-24-22-20-18-19-21-23-25-27-29-31-33-35-38-40-43-47-51-55-59-63-67-73(78)75-71(70-76)72(77)66-62-58-54-50-46-14-12-10-8-6-4-2/h20,22,62,66,71-72,76-77H,3-19,21,23-61,63-65,67-70H2,1-2H3,(H,75,78)/b22-20-,66-62+. The molecule has 80 heavy (non-hydrogen) atoms. The van der Waals surface area contributed by atoms with Crippen molar-refractivity contribution in [2.45, 2.75) is 424 Å². The first-order valence-corrected chi connectivity index (χ1v) is 36.6. The van der Waals surface area contributed by atoms with Crippen LogP contribution in [0.2, 0.25) is 0 Å². The van der Waals surface area contributed by atoms with Gasteiger partial charge in [0.05, 0.1) is 25.4 Å². The summed E-state index contributed by atoms with van der Waals surface area (Å²) in [5, 5.41) is 23.1. The molecule has 6 heteroatoms. The first-order chi connectivity index (χ1) is 39.5. The minimum atomic E-state index is -0.840. The van der Waals surface area contributed by atoms with Gasteiger partial charge >= 0.3 is 5.97 Å². The molecule has 474 valence electrons. The van der Waals surface area contributed by atoms with Crippen molar-refractivity contribution >= 4 is 11.9 Å². The molecular formula is C74H143NO5. The number of carbonyl (C=O) groups is 2. The Kier molecular flexibility index (Phi) is 68.4. The Morgan fingerprint density at radius 2 is 0.588 bits per heavy atom. The fourth-order valence-corrected chi connectivity index (χ4v) is 11.6. The van der Waals surface area contributed by atoms with Crippen molar-refractivity contribution in [1.29, 1.82) is 0 Å². The van der Waals surface area contributed by atoms with E-state index in [1.54, 1.807) is 6.08 Å². The predicted octanol–water partition coefficient (Wildman–Crippen LogP) is 23.7. The van der Waals surface area contributed by atoms with Crippen LogP contribution in [0.15, 0.2) is 24.3 Å². The molecule has 2 atom stereocenters. The first kappa shape index (κ1) is 78.3. The van der Waals surface area contributed by atoms with Crippen LogP contribution in [0.25, 0.3) is 0 Å². The van der Waals surface area contributed by atoms with Crippen LogP contribution in [0.1, 0.15) is 412 Å². The van der Waals surface area contributed by atoms with E-state index in [1.807, 2.05) is 6.08 Å². The van der Waals surface area contributed by atoms with Gasteiger partial charge in [0.2, 0.25) is 5.91 Å². The third-order valence-corrected chi connectivity index (χ3v) is 17.2. The lowest BCUT2D eigenvalue weighted by molar-refractivity contribution is -0.143. The average Bonchev–Trinajstić information content (AvgIpc) is 3.46. The largest absolute Gasteiger partial charge is 0.466 e. The first-order valence-electron chi connectivity index (χ1n) is 36.6. The summed E-state index contributed by atoms with van der Waals surface area (Å²) in [6.07, 6.45) is 88.6. The van der Waals surface area contributed by atoms with Gasteiger partial charge in [0.25, 0.3) is 0 Å². The number of rotatable bonds is 69. The van der Waals surface area contributed by atoms with Crippen LogP contribution in [0, 0.1) is 0 Å². The summed E-state index contributed by atoms with van der Waals surface area (Å²) < 4.78 is 5.51. The van der Waals surface area contributed by atoms with Gasteiger partial charge < -0.3 is 20.3 Å². The number of hydrogen-bond donors (Lipinski definition) is 3. The van der Waals surface area contributed by atoms with Gasteiger partial charge in [-0.05, 0) is 57.8 Å². The Hall–Kier alpha value is -1.66. The molecule has 2 unspecified atom stereocenters. The van der Waals surface area contributed by atoms with Crippen molar-refractivity contribution < 1.29 is 24.5 Å². The molecule has 0 saturated carbocycles. The molecule has 0 radical (unpaired) electrons. The molecule has 0 aromatic heterocycles. The highest BCUT2D eigenvalue weighted by Gasteiger charge is 2.18. The van der Waals surface area contributed by atoms with Crippen LogP contribution < -0.4 is 5.32 Å². The van der Waals surface area contributed by atoms with Gasteiger partial charge in [0.1, 0.15) is 0 Å². The molecule has 0 spiro atoms. The second-order valence-electron chi connectivity index (χ2n) is 25.3. The molecule has 0 aliphatic rings. The van der Waals surface area contributed by atoms with Crippen LogP contribution >= 0.6 is 0 Å². The number of carbonyl (C=O) groups excluding carboxylic acids is 2. The molecule has 0 heterocycles. The number of allylic oxidation sites excluding steroid dienone is 3. The number of esters is 1. The zero-order valence-electron chi connectivity index (χ0n) is 54.3. The molecule has 0 aromatic rings. The van der Waals surface area contributed by atoms with Gasteiger partial charge in [-0.2, -0.15) is 0 Å². The van der Waals surface area contributed by atoms with E-state index in [2.05, 4.69) is 31.3 Å². The van der Waals surface area contributed by atoms with Gasteiger partial charge in [0.15, 0.2) is 0 Å². The highest BCUT2D eigenvalue weighted by molar-refractivity contribution is 5.76. The molecule has 0 aromatic carbocycles. The highest BCUT2D eigenvalue weighted by atomic mass is 16.5. The third kappa shape index (κ3) is 65.5. The van der Waals surface area contributed by atoms with Gasteiger partial charge in [-0.15, -0.1) is 0 Å². The monoisotopic (exact) mass is 1130 g/mol. The molecule has 0 fully saturated rings. The van der Waals surface area contributed by atoms with Crippen LogP contribution in [0.3, 0.4) is 0 Å². The maximum atomic E-state index is 12.4. The number of unbranched alkanes of at least 4 members (excludes halogenated alkanes) is 56. The van der Waals surface area contributed by atoms with Gasteiger partial charge in [-0.1, -0.05) is 366 Å². The fourth-order valence-electron chi connectivity index (χ4n) is 11.6. The lowest BCUT2D eigenvalue weighted by Gasteiger charge is -2.20. The van der Waals surface area contributed by atoms with E-state index < -0.39 is 12.1 Å². The molecule has 0 bridgehead atoms. The number of aliphatic hydroxyl groups is 2. The van der Waals surface area contributed by atoms with Crippen molar-refractivity contribution in [1.82, 2.24) is 5.32 Å². The van der Waals surface area contributed by atoms with Crippen molar-refractivity contribution in [3.8, 4) is 0 Å². The molecule has 6 nitrogen and oxygen atoms in total. The summed E-state index contributed by atoms with van der Waals surface area (Å²) in [4.78, 5) is 24.5. The van der Waals surface area contributed by atoms with Crippen LogP contribution in [0.4, 0.5) is 0 Å². The number of ether oxygens (including phenoxy) is 1. The topological polar surface area (TPSA) is 95.9 Å². The van der Waals surface area contributed by atoms with E-state index in [0.29, 0.717) is 19.4 Å². The minimum absolute atomic E-state index is 0.0246. The summed E-state index contributed by atoms with van der Waals surface area (Å²) in [5.74, 6) is -0.0392. The molecule has 0 saturated heterocycles. The second kappa shape index (κ2) is 69.8. The van der Waals surface area contributed by atoms with Crippen molar-refractivity contribution in [3.63, 3.8) is 0 Å². The van der Waals surface area contributed by atoms with Gasteiger partial charge in [-0.3, -0.25) is 9.59 Å². The fraction of sp³-hybridized carbons (Fsp3) is 0.919. The Balaban J connectivity index is 3.31. The summed E-state index contributed by atoms with van der Waals surface area (Å²) in [5.41, 5.74) is 0. The normalized spacial score (nSPS) is 12.6. The van der Waals surface area contributed by atoms with E-state index in [4.69, 9.17) is 4.74 Å². The number of nitrogens with one attached hydrogen (secondary N) is 1. The highest BCUT2D eigenvalue weighted by Crippen LogP contribution is 2.19. The summed E-state index contributed by atoms with van der Waals surface area (Å²) in [6.45, 7) is 4.93. The van der Waals surface area contributed by atoms with Crippen molar-refractivity contribution in [2.75, 3.05) is 13.2 Å². The van der Waals surface area contributed by atoms with E-state index in [0.717, 1.165) is 38.5 Å². The van der Waals surface area contributed by atoms with Crippen molar-refractivity contribution in [3.05, 3.63) is 24.3 Å².